The van der Waals surface area contributed by atoms with Crippen LogP contribution >= 0.6 is 0 Å². The Kier molecular flexibility index (Phi) is 4.43. The number of ketones is 2. The molecule has 7 heteroatoms. The van der Waals surface area contributed by atoms with Gasteiger partial charge in [0, 0.05) is 29.6 Å². The molecule has 1 heterocycles. The van der Waals surface area contributed by atoms with E-state index in [-0.39, 0.29) is 18.1 Å². The summed E-state index contributed by atoms with van der Waals surface area (Å²) in [5.74, 6) is -2.17. The maximum absolute atomic E-state index is 17.3. The second-order valence-electron chi connectivity index (χ2n) is 11.6. The topological polar surface area (TPSA) is 93.1 Å². The van der Waals surface area contributed by atoms with E-state index in [9.17, 15) is 19.8 Å². The van der Waals surface area contributed by atoms with Gasteiger partial charge in [0.05, 0.1) is 12.2 Å². The second-order valence-corrected chi connectivity index (χ2v) is 11.6. The fourth-order valence-corrected chi connectivity index (χ4v) is 8.88. The Morgan fingerprint density at radius 2 is 1.97 bits per heavy atom. The molecule has 1 aliphatic heterocycles. The normalized spacial score (nSPS) is 51.7. The lowest BCUT2D eigenvalue weighted by Crippen LogP contribution is -2.70. The molecule has 0 radical (unpaired) electrons. The predicted octanol–water partition coefficient (Wildman–Crippen LogP) is 2.95. The van der Waals surface area contributed by atoms with Gasteiger partial charge in [0.25, 0.3) is 0 Å². The van der Waals surface area contributed by atoms with Gasteiger partial charge in [-0.1, -0.05) is 18.6 Å². The number of hydrogen-bond donors (Lipinski definition) is 2. The number of fused-ring (bicyclic) bond motifs is 7. The summed E-state index contributed by atoms with van der Waals surface area (Å²) in [5, 5.41) is 21.5. The average Bonchev–Trinajstić information content (AvgIpc) is 3.43. The first-order chi connectivity index (χ1) is 15.6. The van der Waals surface area contributed by atoms with Crippen molar-refractivity contribution in [2.45, 2.75) is 94.5 Å². The lowest BCUT2D eigenvalue weighted by atomic mass is 9.44. The second kappa shape index (κ2) is 6.62. The summed E-state index contributed by atoms with van der Waals surface area (Å²) in [7, 11) is 0. The van der Waals surface area contributed by atoms with Gasteiger partial charge in [0.2, 0.25) is 0 Å². The van der Waals surface area contributed by atoms with Gasteiger partial charge in [-0.2, -0.15) is 0 Å². The Labute approximate surface area is 193 Å². The van der Waals surface area contributed by atoms with Crippen LogP contribution in [0.15, 0.2) is 23.8 Å². The quantitative estimate of drug-likeness (QED) is 0.658. The highest BCUT2D eigenvalue weighted by Gasteiger charge is 2.80. The molecule has 0 amide bonds. The van der Waals surface area contributed by atoms with Crippen molar-refractivity contribution in [2.75, 3.05) is 6.61 Å². The van der Waals surface area contributed by atoms with E-state index in [2.05, 4.69) is 0 Å². The lowest BCUT2D eigenvalue weighted by Gasteiger charge is -2.62. The van der Waals surface area contributed by atoms with Crippen LogP contribution in [0.3, 0.4) is 0 Å². The van der Waals surface area contributed by atoms with Crippen molar-refractivity contribution in [3.63, 3.8) is 0 Å². The van der Waals surface area contributed by atoms with Crippen LogP contribution in [0.2, 0.25) is 0 Å². The number of hydrogen-bond acceptors (Lipinski definition) is 6. The van der Waals surface area contributed by atoms with Gasteiger partial charge in [-0.3, -0.25) is 9.59 Å². The molecule has 4 saturated carbocycles. The highest BCUT2D eigenvalue weighted by Crippen LogP contribution is 2.73. The monoisotopic (exact) mass is 460 g/mol. The third-order valence-corrected chi connectivity index (χ3v) is 10.4. The molecular formula is C26H33FO6. The van der Waals surface area contributed by atoms with Crippen molar-refractivity contribution in [3.8, 4) is 0 Å². The van der Waals surface area contributed by atoms with Gasteiger partial charge in [-0.15, -0.1) is 0 Å². The average molecular weight is 461 g/mol. The molecule has 2 N–H and O–H groups in total. The number of alkyl halides is 1. The van der Waals surface area contributed by atoms with Gasteiger partial charge in [-0.25, -0.2) is 4.39 Å². The number of carbonyl (C=O) groups excluding carboxylic acids is 2. The zero-order valence-corrected chi connectivity index (χ0v) is 19.3. The van der Waals surface area contributed by atoms with Crippen LogP contribution < -0.4 is 0 Å². The van der Waals surface area contributed by atoms with Crippen LogP contribution in [0.4, 0.5) is 4.39 Å². The molecule has 6 aliphatic rings. The predicted molar refractivity (Wildman–Crippen MR) is 116 cm³/mol. The Morgan fingerprint density at radius 3 is 2.67 bits per heavy atom. The first-order valence-electron chi connectivity index (χ1n) is 12.4. The summed E-state index contributed by atoms with van der Waals surface area (Å²) in [6.45, 7) is 3.04. The van der Waals surface area contributed by atoms with Crippen LogP contribution in [0, 0.1) is 22.7 Å². The molecule has 180 valence electrons. The maximum atomic E-state index is 17.3. The smallest absolute Gasteiger partial charge is 0.193 e. The molecule has 0 aromatic carbocycles. The molecule has 6 nitrogen and oxygen atoms in total. The molecule has 8 atom stereocenters. The van der Waals surface area contributed by atoms with E-state index in [0.29, 0.717) is 32.1 Å². The number of halogens is 1. The van der Waals surface area contributed by atoms with E-state index in [1.54, 1.807) is 13.0 Å². The maximum Gasteiger partial charge on any atom is 0.193 e. The Balaban J connectivity index is 1.46. The van der Waals surface area contributed by atoms with Crippen molar-refractivity contribution in [3.05, 3.63) is 23.8 Å². The SMILES string of the molecule is CC12C[C@H](O)[C@@]3(F)C(CCC4=CC(=O)C=CC43C)C1C[C@H]1OC3(CCCC3)O[C@]12C(=O)CO. The third kappa shape index (κ3) is 2.38. The summed E-state index contributed by atoms with van der Waals surface area (Å²) in [6, 6.07) is 0. The number of aliphatic hydroxyl groups is 2. The van der Waals surface area contributed by atoms with Gasteiger partial charge in [-0.05, 0) is 63.5 Å². The van der Waals surface area contributed by atoms with Gasteiger partial charge in [0.15, 0.2) is 28.6 Å². The van der Waals surface area contributed by atoms with Crippen molar-refractivity contribution < 1.29 is 33.7 Å². The van der Waals surface area contributed by atoms with Gasteiger partial charge < -0.3 is 19.7 Å². The Morgan fingerprint density at radius 1 is 1.24 bits per heavy atom. The third-order valence-electron chi connectivity index (χ3n) is 10.4. The molecule has 4 unspecified atom stereocenters. The lowest BCUT2D eigenvalue weighted by molar-refractivity contribution is -0.253. The minimum atomic E-state index is -1.97. The summed E-state index contributed by atoms with van der Waals surface area (Å²) < 4.78 is 30.4. The van der Waals surface area contributed by atoms with Crippen molar-refractivity contribution >= 4 is 11.6 Å². The van der Waals surface area contributed by atoms with Gasteiger partial charge >= 0.3 is 0 Å². The highest BCUT2D eigenvalue weighted by atomic mass is 19.1. The Hall–Kier alpha value is -1.41. The van der Waals surface area contributed by atoms with Crippen LogP contribution in [0.25, 0.3) is 0 Å². The molecule has 5 aliphatic carbocycles. The first kappa shape index (κ1) is 22.1. The minimum absolute atomic E-state index is 0.0387. The van der Waals surface area contributed by atoms with E-state index < -0.39 is 58.4 Å². The Bertz CT molecular complexity index is 983. The summed E-state index contributed by atoms with van der Waals surface area (Å²) in [6.07, 6.45) is 7.52. The van der Waals surface area contributed by atoms with E-state index in [1.807, 2.05) is 6.92 Å². The molecular weight excluding hydrogens is 427 g/mol. The number of Topliss-reactive ketones (excluding diaryl/α,β-unsaturated/α-hetero) is 1. The molecule has 6 rings (SSSR count). The summed E-state index contributed by atoms with van der Waals surface area (Å²) >= 11 is 0. The molecule has 0 aromatic heterocycles. The minimum Gasteiger partial charge on any atom is -0.390 e. The molecule has 0 aromatic rings. The van der Waals surface area contributed by atoms with E-state index in [1.165, 1.54) is 12.2 Å². The van der Waals surface area contributed by atoms with E-state index in [0.717, 1.165) is 18.4 Å². The van der Waals surface area contributed by atoms with Crippen molar-refractivity contribution in [1.29, 1.82) is 0 Å². The van der Waals surface area contributed by atoms with Crippen LogP contribution in [0.1, 0.15) is 65.2 Å². The van der Waals surface area contributed by atoms with Gasteiger partial charge in [0.1, 0.15) is 6.61 Å². The molecule has 5 fully saturated rings. The fraction of sp³-hybridized carbons (Fsp3) is 0.769. The molecule has 1 saturated heterocycles. The number of rotatable bonds is 2. The summed E-state index contributed by atoms with van der Waals surface area (Å²) in [4.78, 5) is 25.4. The summed E-state index contributed by atoms with van der Waals surface area (Å²) in [5.41, 5.74) is -4.56. The first-order valence-corrected chi connectivity index (χ1v) is 12.4. The largest absolute Gasteiger partial charge is 0.390 e. The molecule has 0 bridgehead atoms. The van der Waals surface area contributed by atoms with Crippen molar-refractivity contribution in [1.82, 2.24) is 0 Å². The van der Waals surface area contributed by atoms with E-state index in [4.69, 9.17) is 9.47 Å². The number of allylic oxidation sites excluding steroid dienone is 4. The van der Waals surface area contributed by atoms with Crippen LogP contribution in [0.5, 0.6) is 0 Å². The zero-order valence-electron chi connectivity index (χ0n) is 19.3. The van der Waals surface area contributed by atoms with Crippen LogP contribution in [-0.4, -0.2) is 57.7 Å². The van der Waals surface area contributed by atoms with Crippen LogP contribution in [-0.2, 0) is 19.1 Å². The van der Waals surface area contributed by atoms with Crippen molar-refractivity contribution in [2.24, 2.45) is 22.7 Å². The number of ether oxygens (including phenoxy) is 2. The van der Waals surface area contributed by atoms with E-state index >= 15 is 4.39 Å². The molecule has 33 heavy (non-hydrogen) atoms. The highest BCUT2D eigenvalue weighted by molar-refractivity contribution is 6.01. The fourth-order valence-electron chi connectivity index (χ4n) is 8.88. The standard InChI is InChI=1S/C26H33FO6/c1-22-10-7-16(29)11-15(22)5-6-17-18-12-21-26(20(31)14-28,33-24(32-21)8-3-4-9-24)23(18,2)13-19(30)25(17,22)27/h7,10-11,17-19,21,28,30H,3-6,8-9,12-14H2,1-2H3/t17?,18?,19-,21+,22?,23?,25-,26+/m0/s1. The number of carbonyl (C=O) groups is 2. The zero-order chi connectivity index (χ0) is 23.4. The number of aliphatic hydroxyl groups excluding tert-OH is 2. The molecule has 1 spiro atoms.